The summed E-state index contributed by atoms with van der Waals surface area (Å²) in [7, 11) is -3.40. The third-order valence-corrected chi connectivity index (χ3v) is 8.96. The number of benzene rings is 3. The van der Waals surface area contributed by atoms with E-state index in [0.717, 1.165) is 59.0 Å². The number of fused-ring (bicyclic) bond motifs is 1. The normalized spacial score (nSPS) is 15.4. The fourth-order valence-electron chi connectivity index (χ4n) is 5.38. The molecule has 0 aliphatic carbocycles. The van der Waals surface area contributed by atoms with Crippen molar-refractivity contribution in [1.29, 1.82) is 0 Å². The van der Waals surface area contributed by atoms with E-state index in [4.69, 9.17) is 9.72 Å². The number of aryl methyl sites for hydroxylation is 1. The van der Waals surface area contributed by atoms with Gasteiger partial charge < -0.3 is 15.4 Å². The summed E-state index contributed by atoms with van der Waals surface area (Å²) < 4.78 is 32.8. The van der Waals surface area contributed by atoms with Gasteiger partial charge in [0.15, 0.2) is 9.84 Å². The Bertz CT molecular complexity index is 1810. The van der Waals surface area contributed by atoms with Gasteiger partial charge in [0.2, 0.25) is 11.8 Å². The molecule has 0 saturated carbocycles. The van der Waals surface area contributed by atoms with Crippen molar-refractivity contribution in [2.24, 2.45) is 0 Å². The van der Waals surface area contributed by atoms with Crippen molar-refractivity contribution in [2.45, 2.75) is 37.3 Å². The SMILES string of the molecule is Cc1ccc2c(CS(=O)(=O)Cc3ccccc3)cccc2c1Oc1ncccc1-c1ccnc(N[C@H]2CCCNC2)n1. The molecule has 1 fully saturated rings. The van der Waals surface area contributed by atoms with Crippen molar-refractivity contribution in [3.63, 3.8) is 0 Å². The molecule has 0 spiro atoms. The smallest absolute Gasteiger partial charge is 0.228 e. The van der Waals surface area contributed by atoms with Gasteiger partial charge in [-0.2, -0.15) is 0 Å². The molecule has 0 amide bonds. The summed E-state index contributed by atoms with van der Waals surface area (Å²) in [6.45, 7) is 3.89. The molecule has 1 aliphatic heterocycles. The van der Waals surface area contributed by atoms with Crippen LogP contribution in [-0.4, -0.2) is 42.5 Å². The molecule has 2 N–H and O–H groups in total. The van der Waals surface area contributed by atoms with E-state index in [1.807, 2.05) is 85.8 Å². The topological polar surface area (TPSA) is 106 Å². The number of aromatic nitrogens is 3. The Balaban J connectivity index is 1.30. The second-order valence-corrected chi connectivity index (χ2v) is 12.7. The third kappa shape index (κ3) is 6.42. The highest BCUT2D eigenvalue weighted by molar-refractivity contribution is 7.89. The number of hydrogen-bond donors (Lipinski definition) is 2. The fourth-order valence-corrected chi connectivity index (χ4v) is 6.91. The summed E-state index contributed by atoms with van der Waals surface area (Å²) in [5.74, 6) is 1.54. The minimum Gasteiger partial charge on any atom is -0.437 e. The van der Waals surface area contributed by atoms with Crippen LogP contribution >= 0.6 is 0 Å². The number of sulfone groups is 1. The molecule has 5 aromatic rings. The van der Waals surface area contributed by atoms with Crippen molar-refractivity contribution in [1.82, 2.24) is 20.3 Å². The molecule has 2 aromatic heterocycles. The van der Waals surface area contributed by atoms with Gasteiger partial charge in [-0.15, -0.1) is 0 Å². The molecule has 8 nitrogen and oxygen atoms in total. The summed E-state index contributed by atoms with van der Waals surface area (Å²) in [6, 6.07) is 24.8. The third-order valence-electron chi connectivity index (χ3n) is 7.44. The number of anilines is 1. The molecule has 0 bridgehead atoms. The molecule has 1 aliphatic rings. The first kappa shape index (κ1) is 27.8. The average Bonchev–Trinajstić information content (AvgIpc) is 3.00. The number of ether oxygens (including phenoxy) is 1. The highest BCUT2D eigenvalue weighted by atomic mass is 32.2. The largest absolute Gasteiger partial charge is 0.437 e. The van der Waals surface area contributed by atoms with Crippen molar-refractivity contribution in [3.8, 4) is 22.9 Å². The Hall–Kier alpha value is -4.34. The lowest BCUT2D eigenvalue weighted by atomic mass is 10.0. The monoisotopic (exact) mass is 579 g/mol. The molecule has 1 saturated heterocycles. The number of hydrogen-bond acceptors (Lipinski definition) is 8. The maximum atomic E-state index is 13.1. The number of rotatable bonds is 9. The fraction of sp³-hybridized carbons (Fsp3) is 0.242. The highest BCUT2D eigenvalue weighted by Gasteiger charge is 2.19. The zero-order chi connectivity index (χ0) is 28.9. The molecule has 6 rings (SSSR count). The van der Waals surface area contributed by atoms with Crippen LogP contribution in [0.5, 0.6) is 11.6 Å². The van der Waals surface area contributed by atoms with Crippen LogP contribution in [0.1, 0.15) is 29.5 Å². The Kier molecular flexibility index (Phi) is 8.12. The first-order chi connectivity index (χ1) is 20.4. The lowest BCUT2D eigenvalue weighted by Crippen LogP contribution is -2.38. The molecular formula is C33H33N5O3S. The van der Waals surface area contributed by atoms with Gasteiger partial charge in [0.05, 0.1) is 22.8 Å². The first-order valence-corrected chi connectivity index (χ1v) is 16.0. The molecule has 42 heavy (non-hydrogen) atoms. The highest BCUT2D eigenvalue weighted by Crippen LogP contribution is 2.38. The maximum Gasteiger partial charge on any atom is 0.228 e. The van der Waals surface area contributed by atoms with E-state index in [1.165, 1.54) is 0 Å². The predicted octanol–water partition coefficient (Wildman–Crippen LogP) is 6.07. The molecular weight excluding hydrogens is 546 g/mol. The van der Waals surface area contributed by atoms with Gasteiger partial charge >= 0.3 is 0 Å². The van der Waals surface area contributed by atoms with Gasteiger partial charge in [-0.3, -0.25) is 0 Å². The quantitative estimate of drug-likeness (QED) is 0.217. The Morgan fingerprint density at radius 1 is 0.905 bits per heavy atom. The minimum absolute atomic E-state index is 0.0101. The number of piperidine rings is 1. The van der Waals surface area contributed by atoms with Crippen LogP contribution in [0, 0.1) is 6.92 Å². The number of nitrogens with zero attached hydrogens (tertiary/aromatic N) is 3. The van der Waals surface area contributed by atoms with Crippen molar-refractivity contribution in [2.75, 3.05) is 18.4 Å². The van der Waals surface area contributed by atoms with Crippen LogP contribution in [0.4, 0.5) is 5.95 Å². The van der Waals surface area contributed by atoms with Crippen LogP contribution in [0.3, 0.4) is 0 Å². The first-order valence-electron chi connectivity index (χ1n) is 14.1. The van der Waals surface area contributed by atoms with Crippen LogP contribution < -0.4 is 15.4 Å². The van der Waals surface area contributed by atoms with Crippen LogP contribution in [-0.2, 0) is 21.3 Å². The summed E-state index contributed by atoms with van der Waals surface area (Å²) in [4.78, 5) is 13.8. The molecule has 214 valence electrons. The Morgan fingerprint density at radius 3 is 2.62 bits per heavy atom. The predicted molar refractivity (Wildman–Crippen MR) is 166 cm³/mol. The maximum absolute atomic E-state index is 13.1. The molecule has 3 aromatic carbocycles. The van der Waals surface area contributed by atoms with E-state index in [-0.39, 0.29) is 17.5 Å². The van der Waals surface area contributed by atoms with Gasteiger partial charge in [-0.1, -0.05) is 60.7 Å². The van der Waals surface area contributed by atoms with Gasteiger partial charge in [0, 0.05) is 30.4 Å². The summed E-state index contributed by atoms with van der Waals surface area (Å²) >= 11 is 0. The van der Waals surface area contributed by atoms with Gasteiger partial charge in [0.25, 0.3) is 0 Å². The second kappa shape index (κ2) is 12.3. The van der Waals surface area contributed by atoms with E-state index >= 15 is 0 Å². The van der Waals surface area contributed by atoms with Crippen molar-refractivity contribution >= 4 is 26.6 Å². The lowest BCUT2D eigenvalue weighted by Gasteiger charge is -2.23. The standard InChI is InChI=1S/C33H33N5O3S/c1-23-14-15-27-25(22-42(39,40)21-24-8-3-2-4-9-24)10-5-12-28(27)31(23)41-32-29(13-7-18-35-32)30-16-19-36-33(38-30)37-26-11-6-17-34-20-26/h2-5,7-10,12-16,18-19,26,34H,6,11,17,20-22H2,1H3,(H,36,37,38)/t26-/m0/s1. The van der Waals surface area contributed by atoms with Crippen LogP contribution in [0.2, 0.25) is 0 Å². The van der Waals surface area contributed by atoms with Gasteiger partial charge in [0.1, 0.15) is 5.75 Å². The Labute approximate surface area is 246 Å². The zero-order valence-electron chi connectivity index (χ0n) is 23.5. The summed E-state index contributed by atoms with van der Waals surface area (Å²) in [6.07, 6.45) is 5.61. The average molecular weight is 580 g/mol. The van der Waals surface area contributed by atoms with E-state index < -0.39 is 9.84 Å². The summed E-state index contributed by atoms with van der Waals surface area (Å²) in [5, 5.41) is 8.50. The lowest BCUT2D eigenvalue weighted by molar-refractivity contribution is 0.466. The van der Waals surface area contributed by atoms with E-state index in [2.05, 4.69) is 20.6 Å². The number of nitrogens with one attached hydrogen (secondary N) is 2. The van der Waals surface area contributed by atoms with E-state index in [9.17, 15) is 8.42 Å². The molecule has 9 heteroatoms. The van der Waals surface area contributed by atoms with Gasteiger partial charge in [-0.25, -0.2) is 23.4 Å². The zero-order valence-corrected chi connectivity index (χ0v) is 24.3. The van der Waals surface area contributed by atoms with Crippen molar-refractivity contribution < 1.29 is 13.2 Å². The molecule has 0 unspecified atom stereocenters. The van der Waals surface area contributed by atoms with Crippen LogP contribution in [0.25, 0.3) is 22.0 Å². The second-order valence-electron chi connectivity index (χ2n) is 10.7. The van der Waals surface area contributed by atoms with Gasteiger partial charge in [-0.05, 0) is 66.6 Å². The van der Waals surface area contributed by atoms with E-state index in [1.54, 1.807) is 12.4 Å². The minimum atomic E-state index is -3.40. The van der Waals surface area contributed by atoms with E-state index in [0.29, 0.717) is 23.3 Å². The molecule has 1 atom stereocenters. The van der Waals surface area contributed by atoms with Crippen molar-refractivity contribution in [3.05, 3.63) is 108 Å². The molecule has 3 heterocycles. The summed E-state index contributed by atoms with van der Waals surface area (Å²) in [5.41, 5.74) is 3.86. The molecule has 0 radical (unpaired) electrons. The Morgan fingerprint density at radius 2 is 1.79 bits per heavy atom. The number of pyridine rings is 1. The van der Waals surface area contributed by atoms with Crippen LogP contribution in [0.15, 0.2) is 91.3 Å².